The number of aryl methyl sites for hydroxylation is 1. The fourth-order valence-corrected chi connectivity index (χ4v) is 1.98. The monoisotopic (exact) mass is 261 g/mol. The van der Waals surface area contributed by atoms with Crippen LogP contribution in [0.3, 0.4) is 0 Å². The van der Waals surface area contributed by atoms with Crippen molar-refractivity contribution in [1.29, 1.82) is 0 Å². The zero-order valence-electron chi connectivity index (χ0n) is 10.1. The van der Waals surface area contributed by atoms with E-state index in [0.717, 1.165) is 5.56 Å². The molecule has 0 fully saturated rings. The van der Waals surface area contributed by atoms with E-state index >= 15 is 0 Å². The van der Waals surface area contributed by atoms with E-state index in [1.807, 2.05) is 13.0 Å². The minimum atomic E-state index is -0.119. The predicted molar refractivity (Wildman–Crippen MR) is 70.4 cm³/mol. The van der Waals surface area contributed by atoms with Gasteiger partial charge in [0.05, 0.1) is 13.3 Å². The standard InChI is InChI=1S/C14H12ClNO2/c1-9-3-10(5-12(15)4-9)14(17)11-6-13(18-2)8-16-7-11/h3-8H,1-2H3. The van der Waals surface area contributed by atoms with Gasteiger partial charge in [0.1, 0.15) is 5.75 Å². The molecule has 0 amide bonds. The van der Waals surface area contributed by atoms with Crippen LogP contribution in [0.5, 0.6) is 5.75 Å². The molecule has 0 spiro atoms. The van der Waals surface area contributed by atoms with Gasteiger partial charge in [-0.25, -0.2) is 0 Å². The molecular formula is C14H12ClNO2. The Bertz CT molecular complexity index is 576. The van der Waals surface area contributed by atoms with Gasteiger partial charge in [0.25, 0.3) is 0 Å². The third-order valence-electron chi connectivity index (χ3n) is 2.52. The van der Waals surface area contributed by atoms with Gasteiger partial charge in [-0.3, -0.25) is 9.78 Å². The number of carbonyl (C=O) groups excluding carboxylic acids is 1. The fraction of sp³-hybridized carbons (Fsp3) is 0.143. The van der Waals surface area contributed by atoms with Crippen LogP contribution in [0.15, 0.2) is 36.7 Å². The Morgan fingerprint density at radius 2 is 1.94 bits per heavy atom. The maximum Gasteiger partial charge on any atom is 0.194 e. The third kappa shape index (κ3) is 2.68. The molecule has 1 aromatic carbocycles. The SMILES string of the molecule is COc1cncc(C(=O)c2cc(C)cc(Cl)c2)c1. The first-order chi connectivity index (χ1) is 8.60. The maximum absolute atomic E-state index is 12.3. The van der Waals surface area contributed by atoms with E-state index in [1.165, 1.54) is 13.3 Å². The van der Waals surface area contributed by atoms with E-state index < -0.39 is 0 Å². The molecule has 0 saturated carbocycles. The maximum atomic E-state index is 12.3. The normalized spacial score (nSPS) is 10.2. The summed E-state index contributed by atoms with van der Waals surface area (Å²) >= 11 is 5.95. The Morgan fingerprint density at radius 1 is 1.17 bits per heavy atom. The quantitative estimate of drug-likeness (QED) is 0.796. The highest BCUT2D eigenvalue weighted by molar-refractivity contribution is 6.31. The lowest BCUT2D eigenvalue weighted by molar-refractivity contribution is 0.103. The number of methoxy groups -OCH3 is 1. The highest BCUT2D eigenvalue weighted by Crippen LogP contribution is 2.19. The first-order valence-electron chi connectivity index (χ1n) is 5.41. The molecule has 0 aliphatic rings. The molecule has 2 aromatic rings. The van der Waals surface area contributed by atoms with Crippen molar-refractivity contribution in [2.45, 2.75) is 6.92 Å². The summed E-state index contributed by atoms with van der Waals surface area (Å²) < 4.78 is 5.05. The van der Waals surface area contributed by atoms with E-state index in [-0.39, 0.29) is 5.78 Å². The van der Waals surface area contributed by atoms with Crippen molar-refractivity contribution in [2.24, 2.45) is 0 Å². The van der Waals surface area contributed by atoms with Crippen LogP contribution in [-0.2, 0) is 0 Å². The third-order valence-corrected chi connectivity index (χ3v) is 2.73. The second-order valence-electron chi connectivity index (χ2n) is 3.96. The number of ether oxygens (including phenoxy) is 1. The molecule has 3 nitrogen and oxygen atoms in total. The first kappa shape index (κ1) is 12.6. The van der Waals surface area contributed by atoms with Crippen LogP contribution < -0.4 is 4.74 Å². The van der Waals surface area contributed by atoms with Crippen LogP contribution >= 0.6 is 11.6 Å². The zero-order valence-corrected chi connectivity index (χ0v) is 10.9. The summed E-state index contributed by atoms with van der Waals surface area (Å²) in [4.78, 5) is 16.2. The largest absolute Gasteiger partial charge is 0.495 e. The molecule has 1 heterocycles. The lowest BCUT2D eigenvalue weighted by atomic mass is 10.0. The van der Waals surface area contributed by atoms with Crippen molar-refractivity contribution in [3.63, 3.8) is 0 Å². The van der Waals surface area contributed by atoms with Crippen LogP contribution in [0, 0.1) is 6.92 Å². The van der Waals surface area contributed by atoms with E-state index in [1.54, 1.807) is 24.4 Å². The van der Waals surface area contributed by atoms with Crippen molar-refractivity contribution in [2.75, 3.05) is 7.11 Å². The van der Waals surface area contributed by atoms with Gasteiger partial charge < -0.3 is 4.74 Å². The van der Waals surface area contributed by atoms with E-state index in [0.29, 0.717) is 21.9 Å². The van der Waals surface area contributed by atoms with Crippen LogP contribution in [0.2, 0.25) is 5.02 Å². The average molecular weight is 262 g/mol. The number of pyridine rings is 1. The Balaban J connectivity index is 2.41. The summed E-state index contributed by atoms with van der Waals surface area (Å²) in [6.07, 6.45) is 3.07. The number of aromatic nitrogens is 1. The van der Waals surface area contributed by atoms with Gasteiger partial charge >= 0.3 is 0 Å². The minimum Gasteiger partial charge on any atom is -0.495 e. The van der Waals surface area contributed by atoms with Crippen LogP contribution in [0.25, 0.3) is 0 Å². The Hall–Kier alpha value is -1.87. The molecule has 2 rings (SSSR count). The number of nitrogens with zero attached hydrogens (tertiary/aromatic N) is 1. The van der Waals surface area contributed by atoms with E-state index in [4.69, 9.17) is 16.3 Å². The van der Waals surface area contributed by atoms with E-state index in [9.17, 15) is 4.79 Å². The van der Waals surface area contributed by atoms with Gasteiger partial charge in [0, 0.05) is 22.3 Å². The second-order valence-corrected chi connectivity index (χ2v) is 4.40. The predicted octanol–water partition coefficient (Wildman–Crippen LogP) is 3.28. The molecule has 0 atom stereocenters. The second kappa shape index (κ2) is 5.19. The number of hydrogen-bond acceptors (Lipinski definition) is 3. The van der Waals surface area contributed by atoms with Gasteiger partial charge in [-0.2, -0.15) is 0 Å². The summed E-state index contributed by atoms with van der Waals surface area (Å²) in [7, 11) is 1.54. The van der Waals surface area contributed by atoms with Crippen LogP contribution in [0.1, 0.15) is 21.5 Å². The number of benzene rings is 1. The van der Waals surface area contributed by atoms with Gasteiger partial charge in [-0.05, 0) is 36.8 Å². The highest BCUT2D eigenvalue weighted by atomic mass is 35.5. The number of hydrogen-bond donors (Lipinski definition) is 0. The summed E-state index contributed by atoms with van der Waals surface area (Å²) in [6, 6.07) is 6.91. The molecule has 0 bridgehead atoms. The van der Waals surface area contributed by atoms with Crippen molar-refractivity contribution in [3.05, 3.63) is 58.4 Å². The van der Waals surface area contributed by atoms with Gasteiger partial charge in [-0.15, -0.1) is 0 Å². The molecular weight excluding hydrogens is 250 g/mol. The first-order valence-corrected chi connectivity index (χ1v) is 5.79. The summed E-state index contributed by atoms with van der Waals surface area (Å²) in [6.45, 7) is 1.90. The summed E-state index contributed by atoms with van der Waals surface area (Å²) in [5.74, 6) is 0.437. The lowest BCUT2D eigenvalue weighted by Crippen LogP contribution is -2.03. The number of carbonyl (C=O) groups is 1. The highest BCUT2D eigenvalue weighted by Gasteiger charge is 2.11. The Labute approximate surface area is 110 Å². The summed E-state index contributed by atoms with van der Waals surface area (Å²) in [5, 5.41) is 0.550. The fourth-order valence-electron chi connectivity index (χ4n) is 1.69. The number of halogens is 1. The molecule has 18 heavy (non-hydrogen) atoms. The van der Waals surface area contributed by atoms with Gasteiger partial charge in [0.2, 0.25) is 0 Å². The van der Waals surface area contributed by atoms with Crippen molar-refractivity contribution in [3.8, 4) is 5.75 Å². The molecule has 4 heteroatoms. The van der Waals surface area contributed by atoms with E-state index in [2.05, 4.69) is 4.98 Å². The summed E-state index contributed by atoms with van der Waals surface area (Å²) in [5.41, 5.74) is 1.98. The molecule has 1 aromatic heterocycles. The molecule has 0 radical (unpaired) electrons. The van der Waals surface area contributed by atoms with Crippen molar-refractivity contribution < 1.29 is 9.53 Å². The molecule has 0 saturated heterocycles. The van der Waals surface area contributed by atoms with Crippen molar-refractivity contribution >= 4 is 17.4 Å². The molecule has 0 unspecified atom stereocenters. The van der Waals surface area contributed by atoms with Gasteiger partial charge in [0.15, 0.2) is 5.78 Å². The molecule has 92 valence electrons. The topological polar surface area (TPSA) is 39.2 Å². The van der Waals surface area contributed by atoms with Crippen LogP contribution in [0.4, 0.5) is 0 Å². The van der Waals surface area contributed by atoms with Crippen molar-refractivity contribution in [1.82, 2.24) is 4.98 Å². The molecule has 0 aliphatic carbocycles. The smallest absolute Gasteiger partial charge is 0.194 e. The zero-order chi connectivity index (χ0) is 13.1. The Morgan fingerprint density at radius 3 is 2.61 bits per heavy atom. The lowest BCUT2D eigenvalue weighted by Gasteiger charge is -2.05. The van der Waals surface area contributed by atoms with Gasteiger partial charge in [-0.1, -0.05) is 11.6 Å². The minimum absolute atomic E-state index is 0.119. The van der Waals surface area contributed by atoms with Crippen LogP contribution in [-0.4, -0.2) is 17.9 Å². The Kier molecular flexibility index (Phi) is 3.63. The number of ketones is 1. The number of rotatable bonds is 3. The molecule has 0 aliphatic heterocycles. The molecule has 0 N–H and O–H groups in total. The average Bonchev–Trinajstić information content (AvgIpc) is 2.37.